The van der Waals surface area contributed by atoms with Gasteiger partial charge in [0.2, 0.25) is 0 Å². The first-order valence-corrected chi connectivity index (χ1v) is 49.8. The topological polar surface area (TPSA) is 105 Å². The summed E-state index contributed by atoms with van der Waals surface area (Å²) >= 11 is 0. The van der Waals surface area contributed by atoms with Gasteiger partial charge in [-0.1, -0.05) is 281 Å². The van der Waals surface area contributed by atoms with Crippen molar-refractivity contribution in [3.8, 4) is 165 Å². The summed E-state index contributed by atoms with van der Waals surface area (Å²) in [6.45, 7) is 42.8. The Morgan fingerprint density at radius 3 is 0.604 bits per heavy atom. The minimum atomic E-state index is -4.16. The fraction of sp³-hybridized carbons (Fsp3) is 0.256. The van der Waals surface area contributed by atoms with Crippen LogP contribution in [0.15, 0.2) is 243 Å². The number of hydrogen-bond acceptors (Lipinski definition) is 8. The van der Waals surface area contributed by atoms with E-state index in [1.165, 1.54) is 0 Å². The van der Waals surface area contributed by atoms with Crippen molar-refractivity contribution in [2.75, 3.05) is 24.7 Å². The summed E-state index contributed by atoms with van der Waals surface area (Å²) in [5, 5.41) is 0. The van der Waals surface area contributed by atoms with E-state index in [1.54, 1.807) is 24.3 Å². The summed E-state index contributed by atoms with van der Waals surface area (Å²) in [6.07, 6.45) is 0.121. The third-order valence-corrected chi connectivity index (χ3v) is 26.0. The van der Waals surface area contributed by atoms with Crippen molar-refractivity contribution >= 4 is 20.2 Å². The highest BCUT2D eigenvalue weighted by Crippen LogP contribution is 2.38. The first kappa shape index (κ1) is 99.4. The molecule has 0 fully saturated rings. The lowest BCUT2D eigenvalue weighted by molar-refractivity contribution is 0.314. The highest BCUT2D eigenvalue weighted by molar-refractivity contribution is 7.87. The first-order valence-electron chi connectivity index (χ1n) is 46.6. The molecule has 22 bridgehead atoms. The van der Waals surface area contributed by atoms with Crippen LogP contribution in [0.5, 0.6) is 23.0 Å². The molecule has 0 unspecified atom stereocenters. The Balaban J connectivity index is 0.895. The van der Waals surface area contributed by atoms with Crippen LogP contribution in [0.4, 0.5) is 0 Å². The molecule has 0 saturated heterocycles. The molecule has 22 rings (SSSR count). The lowest BCUT2D eigenvalue weighted by Crippen LogP contribution is -2.20. The fourth-order valence-electron chi connectivity index (χ4n) is 14.9. The van der Waals surface area contributed by atoms with Gasteiger partial charge in [-0.05, 0) is 332 Å². The van der Waals surface area contributed by atoms with Gasteiger partial charge in [0.05, 0.1) is 47.0 Å². The molecular formula is C129H112O8S2. The number of benzene rings is 12. The van der Waals surface area contributed by atoms with Crippen LogP contribution >= 0.6 is 0 Å². The van der Waals surface area contributed by atoms with Crippen LogP contribution in [0.25, 0.3) is 0 Å². The number of hydrogen-bond donors (Lipinski definition) is 0. The Hall–Kier alpha value is -15.5. The second-order valence-electron chi connectivity index (χ2n) is 41.6. The van der Waals surface area contributed by atoms with E-state index >= 15 is 0 Å². The van der Waals surface area contributed by atoms with Gasteiger partial charge in [0, 0.05) is 94.4 Å². The van der Waals surface area contributed by atoms with Gasteiger partial charge in [0.15, 0.2) is 11.5 Å². The standard InChI is InChI=1S/C129H112O8S2/c1-123(2,3)113-79-99-27-21-22-28-100-76-104(84-114(80-100)124(4,5)6)52-48-92-33-41-96(42-34-92)57-61-109-89-118(128(16,17)18)90-110-62-58-98-45-37-94(38-46-98)50-54-106-78-102(82-116(86-106)126(10,11)12)30-24-23-29-101-77-105(85-115(81-101)125(7,8)9)53-49-93-35-43-97(44-36-93)56-60-108-88-117(127(13,14)15)87-107(59-55-95-39-31-91(32-40-95)47-51-103(75-99)83-113)121(108)134-71-25-73-138(130,131)136-119-67-63-111(64-68-119)129(19,20)112-65-69-120(70-66-112)137-139(132,133)74-26-72-135-122(109)110/h31-46,63-70,75-90H,25-26,71-74H2,1-20H3. The molecule has 0 amide bonds. The fourth-order valence-corrected chi connectivity index (χ4v) is 16.9. The predicted octanol–water partition coefficient (Wildman–Crippen LogP) is 24.8. The van der Waals surface area contributed by atoms with Crippen LogP contribution in [0.1, 0.15) is 307 Å². The molecule has 10 heterocycles. The molecule has 139 heavy (non-hydrogen) atoms. The largest absolute Gasteiger partial charge is 0.491 e. The minimum Gasteiger partial charge on any atom is -0.491 e. The Kier molecular flexibility index (Phi) is 29.7. The molecule has 0 saturated carbocycles. The SMILES string of the molecule is CC(C)(C)c1cc2cc(c1)C#Cc1ccc(cc1)C#Cc1cc(C(C)(C)C)cc3c1OCCCS(=O)(=O)Oc1ccc(cc1)C(C)(C)c1ccc(cc1)OS(=O)(=O)CCCOc1c(cc(C(C)(C)C)cc1C#Cc1ccc(cc1)C#Cc1cc(cc(C(C)(C)C)c1)C#CC#Cc1cc(cc(C(C)(C)C)c1)C#Cc1ccc(cc1)C#C3)C#Cc1ccc(cc1)C#Cc1cc(cc(C(C)(C)C)c1)C#CC#C2. The Bertz CT molecular complexity index is 7070. The summed E-state index contributed by atoms with van der Waals surface area (Å²) in [6, 6.07) is 77.9. The van der Waals surface area contributed by atoms with E-state index in [9.17, 15) is 16.8 Å². The third kappa shape index (κ3) is 27.9. The maximum atomic E-state index is 14.0. The van der Waals surface area contributed by atoms with Crippen LogP contribution in [0, 0.1) is 142 Å². The molecule has 0 aliphatic carbocycles. The number of fused-ring (bicyclic) bond motifs is 4. The highest BCUT2D eigenvalue weighted by atomic mass is 32.2. The molecule has 0 aromatic heterocycles. The summed E-state index contributed by atoms with van der Waals surface area (Å²) in [5.41, 5.74) is 20.4. The summed E-state index contributed by atoms with van der Waals surface area (Å²) in [5.74, 6) is 81.0. The van der Waals surface area contributed by atoms with Crippen LogP contribution in [0.2, 0.25) is 0 Å². The van der Waals surface area contributed by atoms with Crippen LogP contribution in [0.3, 0.4) is 0 Å². The number of rotatable bonds is 0. The smallest absolute Gasteiger partial charge is 0.309 e. The molecule has 0 radical (unpaired) electrons. The average molecular weight is 1850 g/mol. The number of ether oxygens (including phenoxy) is 2. The van der Waals surface area contributed by atoms with Crippen molar-refractivity contribution in [1.82, 2.24) is 0 Å². The summed E-state index contributed by atoms with van der Waals surface area (Å²) < 4.78 is 80.9. The quantitative estimate of drug-likeness (QED) is 0.109. The Morgan fingerprint density at radius 2 is 0.403 bits per heavy atom. The molecule has 10 heteroatoms. The second kappa shape index (κ2) is 41.6. The maximum absolute atomic E-state index is 14.0. The molecule has 10 aliphatic heterocycles. The molecule has 8 nitrogen and oxygen atoms in total. The average Bonchev–Trinajstić information content (AvgIpc) is 0.799. The molecule has 0 atom stereocenters. The van der Waals surface area contributed by atoms with Gasteiger partial charge in [0.25, 0.3) is 0 Å². The molecule has 0 N–H and O–H groups in total. The molecule has 688 valence electrons. The molecule has 12 aromatic carbocycles. The normalized spacial score (nSPS) is 14.0. The van der Waals surface area contributed by atoms with E-state index in [0.29, 0.717) is 33.8 Å². The highest BCUT2D eigenvalue weighted by Gasteiger charge is 2.28. The summed E-state index contributed by atoms with van der Waals surface area (Å²) in [7, 11) is -8.33. The van der Waals surface area contributed by atoms with Crippen molar-refractivity contribution in [2.24, 2.45) is 0 Å². The van der Waals surface area contributed by atoms with E-state index in [1.807, 2.05) is 184 Å². The second-order valence-corrected chi connectivity index (χ2v) is 45.0. The molecule has 12 aromatic rings. The zero-order valence-electron chi connectivity index (χ0n) is 82.9. The molecule has 10 aliphatic rings. The first-order chi connectivity index (χ1) is 65.7. The van der Waals surface area contributed by atoms with Crippen LogP contribution in [-0.2, 0) is 58.1 Å². The van der Waals surface area contributed by atoms with Crippen molar-refractivity contribution in [1.29, 1.82) is 0 Å². The van der Waals surface area contributed by atoms with Gasteiger partial charge >= 0.3 is 20.2 Å². The predicted molar refractivity (Wildman–Crippen MR) is 566 cm³/mol. The van der Waals surface area contributed by atoms with Crippen molar-refractivity contribution in [3.63, 3.8) is 0 Å². The zero-order valence-corrected chi connectivity index (χ0v) is 84.6. The third-order valence-electron chi connectivity index (χ3n) is 23.5. The zero-order chi connectivity index (χ0) is 99.3. The van der Waals surface area contributed by atoms with Gasteiger partial charge in [-0.25, -0.2) is 0 Å². The van der Waals surface area contributed by atoms with Crippen LogP contribution in [-0.4, -0.2) is 41.6 Å². The van der Waals surface area contributed by atoms with Gasteiger partial charge in [-0.2, -0.15) is 16.8 Å². The van der Waals surface area contributed by atoms with Crippen molar-refractivity contribution < 1.29 is 34.7 Å². The lowest BCUT2D eigenvalue weighted by Gasteiger charge is -2.26. The van der Waals surface area contributed by atoms with Gasteiger partial charge in [0.1, 0.15) is 11.5 Å². The lowest BCUT2D eigenvalue weighted by atomic mass is 9.78. The Morgan fingerprint density at radius 1 is 0.223 bits per heavy atom. The molecular weight excluding hydrogens is 1740 g/mol. The van der Waals surface area contributed by atoms with E-state index < -0.39 is 25.7 Å². The molecule has 0 spiro atoms. The maximum Gasteiger partial charge on any atom is 0.309 e. The van der Waals surface area contributed by atoms with Gasteiger partial charge in [-0.3, -0.25) is 0 Å². The Labute approximate surface area is 826 Å². The van der Waals surface area contributed by atoms with Gasteiger partial charge < -0.3 is 17.8 Å². The van der Waals surface area contributed by atoms with E-state index in [-0.39, 0.29) is 81.6 Å². The van der Waals surface area contributed by atoms with Gasteiger partial charge in [-0.15, -0.1) is 0 Å². The van der Waals surface area contributed by atoms with E-state index in [0.717, 1.165) is 134 Å². The monoisotopic (exact) mass is 1850 g/mol. The van der Waals surface area contributed by atoms with E-state index in [4.69, 9.17) is 17.8 Å². The van der Waals surface area contributed by atoms with Crippen molar-refractivity contribution in [3.05, 3.63) is 398 Å². The minimum absolute atomic E-state index is 0.0245. The van der Waals surface area contributed by atoms with Crippen LogP contribution < -0.4 is 17.8 Å². The van der Waals surface area contributed by atoms with Crippen molar-refractivity contribution in [2.45, 2.75) is 189 Å². The van der Waals surface area contributed by atoms with E-state index in [2.05, 4.69) is 315 Å². The summed E-state index contributed by atoms with van der Waals surface area (Å²) in [4.78, 5) is 0.